The number of carbonyl (C=O) groups is 3. The van der Waals surface area contributed by atoms with Gasteiger partial charge in [0.2, 0.25) is 11.8 Å². The highest BCUT2D eigenvalue weighted by atomic mass is 16.4. The molecule has 0 heterocycles. The van der Waals surface area contributed by atoms with E-state index in [2.05, 4.69) is 15.6 Å². The van der Waals surface area contributed by atoms with Crippen LogP contribution in [-0.4, -0.2) is 54.0 Å². The van der Waals surface area contributed by atoms with E-state index >= 15 is 0 Å². The van der Waals surface area contributed by atoms with Crippen molar-refractivity contribution in [3.63, 3.8) is 0 Å². The van der Waals surface area contributed by atoms with Gasteiger partial charge in [-0.2, -0.15) is 0 Å². The Labute approximate surface area is 154 Å². The van der Waals surface area contributed by atoms with Crippen molar-refractivity contribution in [1.29, 1.82) is 0 Å². The van der Waals surface area contributed by atoms with Gasteiger partial charge in [-0.05, 0) is 31.7 Å². The summed E-state index contributed by atoms with van der Waals surface area (Å²) in [5.41, 5.74) is 15.8. The number of carboxylic acid groups (broad SMARTS) is 1. The molecule has 3 atom stereocenters. The molecule has 2 amide bonds. The molecule has 150 valence electrons. The third kappa shape index (κ3) is 9.82. The number of carboxylic acids is 1. The van der Waals surface area contributed by atoms with Crippen molar-refractivity contribution in [3.05, 3.63) is 0 Å². The van der Waals surface area contributed by atoms with E-state index in [0.29, 0.717) is 25.8 Å². The standard InChI is InChI=1S/C16H32N6O4/c1-3-10(2)13(22-12(23)7-4-8-17)14(24)21-11(15(25)26)6-5-9-20-16(18)19/h10-11,13H,3-9,17H2,1-2H3,(H,21,24)(H,22,23)(H,25,26)(H4,18,19,20)/t10-,11-,13-/m0/s1. The third-order valence-electron chi connectivity index (χ3n) is 3.98. The maximum absolute atomic E-state index is 12.5. The highest BCUT2D eigenvalue weighted by Crippen LogP contribution is 2.10. The van der Waals surface area contributed by atoms with Crippen molar-refractivity contribution in [3.8, 4) is 0 Å². The maximum atomic E-state index is 12.5. The fraction of sp³-hybridized carbons (Fsp3) is 0.750. The quantitative estimate of drug-likeness (QED) is 0.134. The van der Waals surface area contributed by atoms with Gasteiger partial charge in [-0.15, -0.1) is 0 Å². The van der Waals surface area contributed by atoms with Crippen LogP contribution in [-0.2, 0) is 14.4 Å². The van der Waals surface area contributed by atoms with Crippen LogP contribution in [0.5, 0.6) is 0 Å². The van der Waals surface area contributed by atoms with E-state index in [0.717, 1.165) is 0 Å². The molecule has 0 aliphatic carbocycles. The van der Waals surface area contributed by atoms with Gasteiger partial charge < -0.3 is 32.9 Å². The molecule has 0 aromatic rings. The van der Waals surface area contributed by atoms with Crippen molar-refractivity contribution in [2.24, 2.45) is 28.1 Å². The lowest BCUT2D eigenvalue weighted by Gasteiger charge is -2.25. The number of nitrogens with zero attached hydrogens (tertiary/aromatic N) is 1. The van der Waals surface area contributed by atoms with Crippen LogP contribution in [0.25, 0.3) is 0 Å². The molecule has 0 unspecified atom stereocenters. The summed E-state index contributed by atoms with van der Waals surface area (Å²) >= 11 is 0. The molecular weight excluding hydrogens is 340 g/mol. The predicted molar refractivity (Wildman–Crippen MR) is 99.2 cm³/mol. The van der Waals surface area contributed by atoms with E-state index in [1.54, 1.807) is 0 Å². The van der Waals surface area contributed by atoms with Crippen LogP contribution in [0.3, 0.4) is 0 Å². The zero-order valence-electron chi connectivity index (χ0n) is 15.5. The minimum absolute atomic E-state index is 0.0714. The minimum atomic E-state index is -1.15. The minimum Gasteiger partial charge on any atom is -0.480 e. The average molecular weight is 372 g/mol. The Hall–Kier alpha value is -2.36. The number of guanidine groups is 1. The smallest absolute Gasteiger partial charge is 0.326 e. The Morgan fingerprint density at radius 3 is 2.31 bits per heavy atom. The Balaban J connectivity index is 4.86. The van der Waals surface area contributed by atoms with Gasteiger partial charge in [-0.1, -0.05) is 20.3 Å². The van der Waals surface area contributed by atoms with E-state index in [1.807, 2.05) is 13.8 Å². The van der Waals surface area contributed by atoms with Crippen LogP contribution in [0.1, 0.15) is 46.0 Å². The lowest BCUT2D eigenvalue weighted by atomic mass is 9.97. The van der Waals surface area contributed by atoms with Crippen LogP contribution < -0.4 is 27.8 Å². The first kappa shape index (κ1) is 23.6. The number of carbonyl (C=O) groups excluding carboxylic acids is 2. The van der Waals surface area contributed by atoms with Gasteiger partial charge in [0, 0.05) is 13.0 Å². The van der Waals surface area contributed by atoms with E-state index in [1.165, 1.54) is 0 Å². The molecule has 0 bridgehead atoms. The summed E-state index contributed by atoms with van der Waals surface area (Å²) in [6.07, 6.45) is 1.95. The molecule has 0 rings (SSSR count). The number of hydrogen-bond acceptors (Lipinski definition) is 5. The van der Waals surface area contributed by atoms with Crippen LogP contribution in [0, 0.1) is 5.92 Å². The molecule has 26 heavy (non-hydrogen) atoms. The number of aliphatic imine (C=N–C) groups is 1. The fourth-order valence-electron chi connectivity index (χ4n) is 2.23. The lowest BCUT2D eigenvalue weighted by Crippen LogP contribution is -2.54. The van der Waals surface area contributed by atoms with Crippen molar-refractivity contribution in [2.45, 2.75) is 58.0 Å². The maximum Gasteiger partial charge on any atom is 0.326 e. The van der Waals surface area contributed by atoms with Crippen LogP contribution >= 0.6 is 0 Å². The number of nitrogens with two attached hydrogens (primary N) is 3. The second-order valence-electron chi connectivity index (χ2n) is 6.17. The van der Waals surface area contributed by atoms with Crippen molar-refractivity contribution in [1.82, 2.24) is 10.6 Å². The van der Waals surface area contributed by atoms with Gasteiger partial charge in [0.15, 0.2) is 5.96 Å². The number of nitrogens with one attached hydrogen (secondary N) is 2. The van der Waals surface area contributed by atoms with E-state index < -0.39 is 24.0 Å². The SMILES string of the molecule is CC[C@H](C)[C@H](NC(=O)CCCN)C(=O)N[C@@H](CCCN=C(N)N)C(=O)O. The lowest BCUT2D eigenvalue weighted by molar-refractivity contribution is -0.142. The molecule has 9 N–H and O–H groups in total. The zero-order chi connectivity index (χ0) is 20.1. The summed E-state index contributed by atoms with van der Waals surface area (Å²) in [5.74, 6) is -2.17. The number of amides is 2. The Bertz CT molecular complexity index is 493. The Kier molecular flexibility index (Phi) is 11.8. The van der Waals surface area contributed by atoms with E-state index in [-0.39, 0.29) is 37.2 Å². The molecular formula is C16H32N6O4. The molecule has 0 aliphatic heterocycles. The van der Waals surface area contributed by atoms with Gasteiger partial charge >= 0.3 is 5.97 Å². The second-order valence-corrected chi connectivity index (χ2v) is 6.17. The Morgan fingerprint density at radius 2 is 1.81 bits per heavy atom. The van der Waals surface area contributed by atoms with Gasteiger partial charge in [0.1, 0.15) is 12.1 Å². The summed E-state index contributed by atoms with van der Waals surface area (Å²) in [6, 6.07) is -1.88. The van der Waals surface area contributed by atoms with Crippen molar-refractivity contribution >= 4 is 23.7 Å². The summed E-state index contributed by atoms with van der Waals surface area (Å²) in [5, 5.41) is 14.5. The van der Waals surface area contributed by atoms with Gasteiger partial charge in [0.05, 0.1) is 0 Å². The highest BCUT2D eigenvalue weighted by Gasteiger charge is 2.29. The van der Waals surface area contributed by atoms with Crippen LogP contribution in [0.4, 0.5) is 0 Å². The van der Waals surface area contributed by atoms with Gasteiger partial charge in [-0.3, -0.25) is 14.6 Å². The number of aliphatic carboxylic acids is 1. The summed E-state index contributed by atoms with van der Waals surface area (Å²) < 4.78 is 0. The first-order chi connectivity index (χ1) is 12.2. The number of hydrogen-bond donors (Lipinski definition) is 6. The summed E-state index contributed by atoms with van der Waals surface area (Å²) in [6.45, 7) is 4.36. The molecule has 0 aromatic carbocycles. The van der Waals surface area contributed by atoms with Crippen molar-refractivity contribution in [2.75, 3.05) is 13.1 Å². The third-order valence-corrected chi connectivity index (χ3v) is 3.98. The first-order valence-electron chi connectivity index (χ1n) is 8.80. The normalized spacial score (nSPS) is 14.0. The molecule has 0 aliphatic rings. The topological polar surface area (TPSA) is 186 Å². The molecule has 0 saturated carbocycles. The molecule has 10 heteroatoms. The molecule has 0 fully saturated rings. The second kappa shape index (κ2) is 12.9. The van der Waals surface area contributed by atoms with E-state index in [4.69, 9.17) is 17.2 Å². The molecule has 0 saturated heterocycles. The van der Waals surface area contributed by atoms with Crippen molar-refractivity contribution < 1.29 is 19.5 Å². The molecule has 10 nitrogen and oxygen atoms in total. The fourth-order valence-corrected chi connectivity index (χ4v) is 2.23. The van der Waals surface area contributed by atoms with Gasteiger partial charge in [0.25, 0.3) is 0 Å². The summed E-state index contributed by atoms with van der Waals surface area (Å²) in [7, 11) is 0. The summed E-state index contributed by atoms with van der Waals surface area (Å²) in [4.78, 5) is 39.6. The predicted octanol–water partition coefficient (Wildman–Crippen LogP) is -1.12. The molecule has 0 spiro atoms. The monoisotopic (exact) mass is 372 g/mol. The number of rotatable bonds is 13. The molecule has 0 aromatic heterocycles. The van der Waals surface area contributed by atoms with E-state index in [9.17, 15) is 19.5 Å². The highest BCUT2D eigenvalue weighted by molar-refractivity contribution is 5.90. The zero-order valence-corrected chi connectivity index (χ0v) is 15.5. The Morgan fingerprint density at radius 1 is 1.15 bits per heavy atom. The largest absolute Gasteiger partial charge is 0.480 e. The van der Waals surface area contributed by atoms with Crippen LogP contribution in [0.15, 0.2) is 4.99 Å². The van der Waals surface area contributed by atoms with Gasteiger partial charge in [-0.25, -0.2) is 4.79 Å². The van der Waals surface area contributed by atoms with Crippen LogP contribution in [0.2, 0.25) is 0 Å². The average Bonchev–Trinajstić information content (AvgIpc) is 2.58. The molecule has 0 radical (unpaired) electrons. The first-order valence-corrected chi connectivity index (χ1v) is 8.80.